The predicted molar refractivity (Wildman–Crippen MR) is 89.3 cm³/mol. The highest BCUT2D eigenvalue weighted by Crippen LogP contribution is 2.25. The highest BCUT2D eigenvalue weighted by Gasteiger charge is 2.04. The summed E-state index contributed by atoms with van der Waals surface area (Å²) in [6.07, 6.45) is 3.87. The molecule has 0 amide bonds. The fourth-order valence-corrected chi connectivity index (χ4v) is 2.11. The maximum Gasteiger partial charge on any atom is 0.0337 e. The van der Waals surface area contributed by atoms with Crippen LogP contribution in [0.3, 0.4) is 0 Å². The molecule has 2 aromatic rings. The summed E-state index contributed by atoms with van der Waals surface area (Å²) < 4.78 is 0. The van der Waals surface area contributed by atoms with Crippen molar-refractivity contribution < 1.29 is 0 Å². The number of nitrogens with one attached hydrogen (secondary N) is 2. The zero-order valence-corrected chi connectivity index (χ0v) is 12.0. The van der Waals surface area contributed by atoms with E-state index in [2.05, 4.69) is 65.7 Å². The molecule has 102 valence electrons. The lowest BCUT2D eigenvalue weighted by Crippen LogP contribution is -1.92. The average molecular weight is 264 g/mol. The minimum Gasteiger partial charge on any atom is -0.388 e. The van der Waals surface area contributed by atoms with Crippen molar-refractivity contribution >= 4 is 16.9 Å². The predicted octanol–water partition coefficient (Wildman–Crippen LogP) is 4.39. The molecule has 0 spiro atoms. The summed E-state index contributed by atoms with van der Waals surface area (Å²) in [7, 11) is 3.85. The molecule has 0 aliphatic rings. The van der Waals surface area contributed by atoms with Gasteiger partial charge in [0.1, 0.15) is 0 Å². The summed E-state index contributed by atoms with van der Waals surface area (Å²) in [6, 6.07) is 16.8. The fourth-order valence-electron chi connectivity index (χ4n) is 2.11. The number of hydrogen-bond acceptors (Lipinski definition) is 2. The van der Waals surface area contributed by atoms with Crippen molar-refractivity contribution in [3.8, 4) is 0 Å². The van der Waals surface area contributed by atoms with E-state index < -0.39 is 0 Å². The summed E-state index contributed by atoms with van der Waals surface area (Å²) in [5.74, 6) is 0. The van der Waals surface area contributed by atoms with Gasteiger partial charge in [-0.05, 0) is 41.0 Å². The molecule has 2 aromatic carbocycles. The first-order valence-corrected chi connectivity index (χ1v) is 6.67. The van der Waals surface area contributed by atoms with E-state index in [-0.39, 0.29) is 0 Å². The van der Waals surface area contributed by atoms with E-state index in [1.807, 2.05) is 26.2 Å². The highest BCUT2D eigenvalue weighted by molar-refractivity contribution is 5.81. The van der Waals surface area contributed by atoms with Crippen molar-refractivity contribution in [3.63, 3.8) is 0 Å². The molecular formula is C18H20N2. The van der Waals surface area contributed by atoms with E-state index >= 15 is 0 Å². The van der Waals surface area contributed by atoms with E-state index in [4.69, 9.17) is 0 Å². The average Bonchev–Trinajstić information content (AvgIpc) is 2.53. The monoisotopic (exact) mass is 264 g/mol. The SMILES string of the molecule is C=CC=C(c1ccc(NC)cc1)c1ccc(NC)cc1. The van der Waals surface area contributed by atoms with Gasteiger partial charge in [-0.25, -0.2) is 0 Å². The Morgan fingerprint density at radius 3 is 1.50 bits per heavy atom. The molecule has 0 heterocycles. The zero-order valence-electron chi connectivity index (χ0n) is 12.0. The van der Waals surface area contributed by atoms with Crippen LogP contribution >= 0.6 is 0 Å². The van der Waals surface area contributed by atoms with Crippen molar-refractivity contribution in [2.45, 2.75) is 0 Å². The second kappa shape index (κ2) is 6.62. The van der Waals surface area contributed by atoms with Gasteiger partial charge in [0.05, 0.1) is 0 Å². The third kappa shape index (κ3) is 3.09. The Labute approximate surface area is 120 Å². The van der Waals surface area contributed by atoms with E-state index in [1.165, 1.54) is 16.7 Å². The molecule has 0 aliphatic carbocycles. The second-order valence-corrected chi connectivity index (χ2v) is 4.47. The van der Waals surface area contributed by atoms with Crippen LogP contribution in [0.15, 0.2) is 67.3 Å². The van der Waals surface area contributed by atoms with Gasteiger partial charge in [-0.15, -0.1) is 0 Å². The first kappa shape index (κ1) is 13.9. The smallest absolute Gasteiger partial charge is 0.0337 e. The van der Waals surface area contributed by atoms with Crippen molar-refractivity contribution in [2.75, 3.05) is 24.7 Å². The Kier molecular flexibility index (Phi) is 4.61. The van der Waals surface area contributed by atoms with Crippen LogP contribution in [0.25, 0.3) is 5.57 Å². The third-order valence-corrected chi connectivity index (χ3v) is 3.25. The van der Waals surface area contributed by atoms with Crippen LogP contribution in [0.2, 0.25) is 0 Å². The maximum atomic E-state index is 3.82. The molecular weight excluding hydrogens is 244 g/mol. The van der Waals surface area contributed by atoms with E-state index in [1.54, 1.807) is 0 Å². The lowest BCUT2D eigenvalue weighted by Gasteiger charge is -2.10. The van der Waals surface area contributed by atoms with Gasteiger partial charge in [-0.1, -0.05) is 43.0 Å². The molecule has 2 nitrogen and oxygen atoms in total. The zero-order chi connectivity index (χ0) is 14.4. The molecule has 2 rings (SSSR count). The first-order chi connectivity index (χ1) is 9.78. The van der Waals surface area contributed by atoms with Crippen LogP contribution in [-0.2, 0) is 0 Å². The van der Waals surface area contributed by atoms with Crippen LogP contribution < -0.4 is 10.6 Å². The summed E-state index contributed by atoms with van der Waals surface area (Å²) in [5.41, 5.74) is 5.75. The maximum absolute atomic E-state index is 3.82. The molecule has 0 aromatic heterocycles. The molecule has 0 radical (unpaired) electrons. The van der Waals surface area contributed by atoms with Crippen molar-refractivity contribution in [1.82, 2.24) is 0 Å². The molecule has 2 heteroatoms. The number of benzene rings is 2. The van der Waals surface area contributed by atoms with Crippen LogP contribution in [0.4, 0.5) is 11.4 Å². The quantitative estimate of drug-likeness (QED) is 0.783. The van der Waals surface area contributed by atoms with Crippen molar-refractivity contribution in [2.24, 2.45) is 0 Å². The van der Waals surface area contributed by atoms with Crippen molar-refractivity contribution in [1.29, 1.82) is 0 Å². The molecule has 20 heavy (non-hydrogen) atoms. The van der Waals surface area contributed by atoms with E-state index in [0.29, 0.717) is 0 Å². The van der Waals surface area contributed by atoms with Crippen LogP contribution in [0.1, 0.15) is 11.1 Å². The summed E-state index contributed by atoms with van der Waals surface area (Å²) >= 11 is 0. The molecule has 0 bridgehead atoms. The van der Waals surface area contributed by atoms with Gasteiger partial charge >= 0.3 is 0 Å². The van der Waals surface area contributed by atoms with Crippen LogP contribution in [0, 0.1) is 0 Å². The Balaban J connectivity index is 2.39. The van der Waals surface area contributed by atoms with Gasteiger partial charge in [-0.3, -0.25) is 0 Å². The number of rotatable bonds is 5. The van der Waals surface area contributed by atoms with Crippen molar-refractivity contribution in [3.05, 3.63) is 78.4 Å². The minimum atomic E-state index is 1.11. The molecule has 0 saturated carbocycles. The Hall–Kier alpha value is -2.48. The molecule has 2 N–H and O–H groups in total. The van der Waals surface area contributed by atoms with E-state index in [0.717, 1.165) is 11.4 Å². The van der Waals surface area contributed by atoms with Gasteiger partial charge < -0.3 is 10.6 Å². The van der Waals surface area contributed by atoms with Gasteiger partial charge in [0.15, 0.2) is 0 Å². The molecule has 0 saturated heterocycles. The van der Waals surface area contributed by atoms with Gasteiger partial charge in [0.2, 0.25) is 0 Å². The van der Waals surface area contributed by atoms with Gasteiger partial charge in [-0.2, -0.15) is 0 Å². The number of hydrogen-bond donors (Lipinski definition) is 2. The summed E-state index contributed by atoms with van der Waals surface area (Å²) in [4.78, 5) is 0. The molecule has 0 unspecified atom stereocenters. The van der Waals surface area contributed by atoms with Crippen LogP contribution in [-0.4, -0.2) is 14.1 Å². The molecule has 0 fully saturated rings. The highest BCUT2D eigenvalue weighted by atomic mass is 14.8. The summed E-state index contributed by atoms with van der Waals surface area (Å²) in [5, 5.41) is 6.26. The van der Waals surface area contributed by atoms with Crippen LogP contribution in [0.5, 0.6) is 0 Å². The Bertz CT molecular complexity index is 543. The van der Waals surface area contributed by atoms with Gasteiger partial charge in [0, 0.05) is 25.5 Å². The number of anilines is 2. The Morgan fingerprint density at radius 1 is 0.800 bits per heavy atom. The topological polar surface area (TPSA) is 24.1 Å². The van der Waals surface area contributed by atoms with Gasteiger partial charge in [0.25, 0.3) is 0 Å². The normalized spacial score (nSPS) is 9.70. The second-order valence-electron chi connectivity index (χ2n) is 4.47. The largest absolute Gasteiger partial charge is 0.388 e. The fraction of sp³-hybridized carbons (Fsp3) is 0.111. The lowest BCUT2D eigenvalue weighted by molar-refractivity contribution is 1.47. The lowest BCUT2D eigenvalue weighted by atomic mass is 9.97. The molecule has 0 atom stereocenters. The standard InChI is InChI=1S/C18H20N2/c1-4-5-18(14-6-10-16(19-2)11-7-14)15-8-12-17(20-3)13-9-15/h4-13,19-20H,1H2,2-3H3. The molecule has 0 aliphatic heterocycles. The first-order valence-electron chi connectivity index (χ1n) is 6.67. The summed E-state index contributed by atoms with van der Waals surface area (Å²) in [6.45, 7) is 3.82. The third-order valence-electron chi connectivity index (χ3n) is 3.25. The Morgan fingerprint density at radius 2 is 1.20 bits per heavy atom. The van der Waals surface area contributed by atoms with E-state index in [9.17, 15) is 0 Å². The number of allylic oxidation sites excluding steroid dienone is 2. The minimum absolute atomic E-state index is 1.11.